The highest BCUT2D eigenvalue weighted by Crippen LogP contribution is 2.15. The molecule has 4 nitrogen and oxygen atoms in total. The largest absolute Gasteiger partial charge is 0.469 e. The molecule has 0 radical (unpaired) electrons. The predicted molar refractivity (Wildman–Crippen MR) is 81.6 cm³/mol. The van der Waals surface area contributed by atoms with Crippen molar-refractivity contribution >= 4 is 5.91 Å². The Labute approximate surface area is 124 Å². The molecule has 0 bridgehead atoms. The van der Waals surface area contributed by atoms with E-state index >= 15 is 0 Å². The lowest BCUT2D eigenvalue weighted by molar-refractivity contribution is 0.0783. The Morgan fingerprint density at radius 1 is 1.33 bits per heavy atom. The molecule has 0 atom stereocenters. The number of carbonyl (C=O) groups excluding carboxylic acids is 1. The summed E-state index contributed by atoms with van der Waals surface area (Å²) in [5.41, 5.74) is 7.89. The molecule has 0 unspecified atom stereocenters. The van der Waals surface area contributed by atoms with Gasteiger partial charge in [-0.05, 0) is 24.6 Å². The van der Waals surface area contributed by atoms with E-state index < -0.39 is 0 Å². The van der Waals surface area contributed by atoms with E-state index in [1.54, 1.807) is 24.9 Å². The molecule has 2 rings (SSSR count). The van der Waals surface area contributed by atoms with Gasteiger partial charge in [0, 0.05) is 19.2 Å². The average Bonchev–Trinajstić information content (AvgIpc) is 2.91. The number of benzene rings is 1. The fourth-order valence-electron chi connectivity index (χ4n) is 2.07. The fourth-order valence-corrected chi connectivity index (χ4v) is 2.07. The molecule has 0 saturated carbocycles. The van der Waals surface area contributed by atoms with Crippen molar-refractivity contribution in [3.63, 3.8) is 0 Å². The van der Waals surface area contributed by atoms with Gasteiger partial charge in [0.2, 0.25) is 0 Å². The number of nitrogens with zero attached hydrogens (tertiary/aromatic N) is 1. The first-order valence-corrected chi connectivity index (χ1v) is 6.70. The van der Waals surface area contributed by atoms with Crippen molar-refractivity contribution < 1.29 is 9.21 Å². The van der Waals surface area contributed by atoms with Gasteiger partial charge in [-0.25, -0.2) is 0 Å². The molecule has 21 heavy (non-hydrogen) atoms. The van der Waals surface area contributed by atoms with Gasteiger partial charge in [-0.1, -0.05) is 30.0 Å². The molecule has 0 aliphatic rings. The number of aryl methyl sites for hydroxylation is 1. The third kappa shape index (κ3) is 3.53. The van der Waals surface area contributed by atoms with Crippen LogP contribution in [0.3, 0.4) is 0 Å². The van der Waals surface area contributed by atoms with Crippen LogP contribution < -0.4 is 5.73 Å². The third-order valence-corrected chi connectivity index (χ3v) is 3.19. The van der Waals surface area contributed by atoms with E-state index in [1.807, 2.05) is 24.3 Å². The molecule has 1 aromatic carbocycles. The van der Waals surface area contributed by atoms with Crippen molar-refractivity contribution in [2.24, 2.45) is 5.73 Å². The van der Waals surface area contributed by atoms with Gasteiger partial charge in [-0.2, -0.15) is 0 Å². The molecule has 2 N–H and O–H groups in total. The minimum atomic E-state index is -0.0668. The summed E-state index contributed by atoms with van der Waals surface area (Å²) in [6.45, 7) is 2.58. The summed E-state index contributed by atoms with van der Waals surface area (Å²) in [4.78, 5) is 14.0. The Morgan fingerprint density at radius 3 is 2.76 bits per heavy atom. The van der Waals surface area contributed by atoms with E-state index in [-0.39, 0.29) is 5.91 Å². The molecule has 0 fully saturated rings. The van der Waals surface area contributed by atoms with Crippen LogP contribution in [0, 0.1) is 18.8 Å². The van der Waals surface area contributed by atoms with Crippen LogP contribution in [0.2, 0.25) is 0 Å². The Bertz CT molecular complexity index is 692. The lowest BCUT2D eigenvalue weighted by Crippen LogP contribution is -2.26. The van der Waals surface area contributed by atoms with E-state index in [2.05, 4.69) is 11.8 Å². The van der Waals surface area contributed by atoms with Crippen LogP contribution in [0.5, 0.6) is 0 Å². The van der Waals surface area contributed by atoms with E-state index in [1.165, 1.54) is 6.26 Å². The first kappa shape index (κ1) is 14.9. The van der Waals surface area contributed by atoms with Crippen molar-refractivity contribution in [3.8, 4) is 11.8 Å². The van der Waals surface area contributed by atoms with Crippen LogP contribution in [0.1, 0.15) is 27.2 Å². The van der Waals surface area contributed by atoms with Crippen LogP contribution >= 0.6 is 0 Å². The summed E-state index contributed by atoms with van der Waals surface area (Å²) in [7, 11) is 1.77. The highest BCUT2D eigenvalue weighted by molar-refractivity contribution is 5.94. The third-order valence-electron chi connectivity index (χ3n) is 3.19. The zero-order chi connectivity index (χ0) is 15.2. The summed E-state index contributed by atoms with van der Waals surface area (Å²) >= 11 is 0. The number of hydrogen-bond donors (Lipinski definition) is 1. The quantitative estimate of drug-likeness (QED) is 0.878. The minimum Gasteiger partial charge on any atom is -0.469 e. The van der Waals surface area contributed by atoms with Crippen molar-refractivity contribution in [1.82, 2.24) is 4.90 Å². The summed E-state index contributed by atoms with van der Waals surface area (Å²) in [6.07, 6.45) is 1.52. The zero-order valence-electron chi connectivity index (χ0n) is 12.2. The molecule has 108 valence electrons. The second-order valence-corrected chi connectivity index (χ2v) is 4.71. The molecular weight excluding hydrogens is 264 g/mol. The van der Waals surface area contributed by atoms with Gasteiger partial charge < -0.3 is 15.1 Å². The monoisotopic (exact) mass is 282 g/mol. The molecule has 0 aliphatic carbocycles. The number of rotatable bonds is 3. The van der Waals surface area contributed by atoms with E-state index in [0.717, 1.165) is 11.1 Å². The minimum absolute atomic E-state index is 0.0668. The van der Waals surface area contributed by atoms with Crippen molar-refractivity contribution in [3.05, 3.63) is 59.0 Å². The van der Waals surface area contributed by atoms with Crippen LogP contribution in [0.15, 0.2) is 41.0 Å². The molecule has 2 aromatic rings. The summed E-state index contributed by atoms with van der Waals surface area (Å²) in [5.74, 6) is 6.44. The smallest absolute Gasteiger partial charge is 0.257 e. The lowest BCUT2D eigenvalue weighted by atomic mass is 10.1. The highest BCUT2D eigenvalue weighted by atomic mass is 16.3. The van der Waals surface area contributed by atoms with Gasteiger partial charge in [0.05, 0.1) is 18.4 Å². The second-order valence-electron chi connectivity index (χ2n) is 4.71. The zero-order valence-corrected chi connectivity index (χ0v) is 12.2. The molecule has 0 aliphatic heterocycles. The number of furan rings is 1. The van der Waals surface area contributed by atoms with Gasteiger partial charge in [-0.3, -0.25) is 4.79 Å². The summed E-state index contributed by atoms with van der Waals surface area (Å²) in [6, 6.07) is 9.44. The van der Waals surface area contributed by atoms with Crippen molar-refractivity contribution in [1.29, 1.82) is 0 Å². The predicted octanol–water partition coefficient (Wildman–Crippen LogP) is 2.17. The van der Waals surface area contributed by atoms with Crippen LogP contribution in [0.4, 0.5) is 0 Å². The van der Waals surface area contributed by atoms with E-state index in [4.69, 9.17) is 10.2 Å². The Hall–Kier alpha value is -2.51. The normalized spacial score (nSPS) is 9.86. The maximum atomic E-state index is 12.4. The summed E-state index contributed by atoms with van der Waals surface area (Å²) in [5, 5.41) is 0. The van der Waals surface area contributed by atoms with Gasteiger partial charge in [-0.15, -0.1) is 0 Å². The standard InChI is InChI=1S/C17H18N2O2/c1-13-16(9-11-21-13)17(20)19(2)12-15-7-4-3-6-14(15)8-5-10-18/h3-4,6-7,9,11H,10,12,18H2,1-2H3. The Balaban J connectivity index is 2.18. The molecule has 4 heteroatoms. The van der Waals surface area contributed by atoms with Gasteiger partial charge in [0.25, 0.3) is 5.91 Å². The molecule has 1 heterocycles. The average molecular weight is 282 g/mol. The topological polar surface area (TPSA) is 59.5 Å². The summed E-state index contributed by atoms with van der Waals surface area (Å²) < 4.78 is 5.18. The first-order valence-electron chi connectivity index (χ1n) is 6.70. The van der Waals surface area contributed by atoms with Crippen LogP contribution in [0.25, 0.3) is 0 Å². The highest BCUT2D eigenvalue weighted by Gasteiger charge is 2.16. The van der Waals surface area contributed by atoms with Crippen LogP contribution in [-0.2, 0) is 6.54 Å². The van der Waals surface area contributed by atoms with Crippen LogP contribution in [-0.4, -0.2) is 24.4 Å². The number of nitrogens with two attached hydrogens (primary N) is 1. The van der Waals surface area contributed by atoms with E-state index in [0.29, 0.717) is 24.4 Å². The van der Waals surface area contributed by atoms with Crippen molar-refractivity contribution in [2.45, 2.75) is 13.5 Å². The van der Waals surface area contributed by atoms with Crippen molar-refractivity contribution in [2.75, 3.05) is 13.6 Å². The van der Waals surface area contributed by atoms with Gasteiger partial charge >= 0.3 is 0 Å². The molecule has 0 saturated heterocycles. The Kier molecular flexibility index (Phi) is 4.81. The second kappa shape index (κ2) is 6.78. The molecule has 1 amide bonds. The first-order chi connectivity index (χ1) is 10.1. The lowest BCUT2D eigenvalue weighted by Gasteiger charge is -2.17. The molecule has 1 aromatic heterocycles. The number of carbonyl (C=O) groups is 1. The SMILES string of the molecule is Cc1occc1C(=O)N(C)Cc1ccccc1C#CCN. The number of amides is 1. The Morgan fingerprint density at radius 2 is 2.10 bits per heavy atom. The molecule has 0 spiro atoms. The fraction of sp³-hybridized carbons (Fsp3) is 0.235. The maximum Gasteiger partial charge on any atom is 0.257 e. The van der Waals surface area contributed by atoms with E-state index in [9.17, 15) is 4.79 Å². The molecular formula is C17H18N2O2. The maximum absolute atomic E-state index is 12.4. The van der Waals surface area contributed by atoms with Gasteiger partial charge in [0.15, 0.2) is 0 Å². The number of hydrogen-bond acceptors (Lipinski definition) is 3. The van der Waals surface area contributed by atoms with Gasteiger partial charge in [0.1, 0.15) is 5.76 Å².